The number of ether oxygens (including phenoxy) is 1. The molecule has 0 aliphatic heterocycles. The molecule has 0 saturated carbocycles. The Labute approximate surface area is 119 Å². The number of alkyl carbamates (subject to hydrolysis) is 1. The van der Waals surface area contributed by atoms with Crippen molar-refractivity contribution in [1.82, 2.24) is 10.6 Å². The third-order valence-corrected chi connectivity index (χ3v) is 2.31. The summed E-state index contributed by atoms with van der Waals surface area (Å²) in [5, 5.41) is 12.5. The van der Waals surface area contributed by atoms with Crippen molar-refractivity contribution in [2.45, 2.75) is 39.5 Å². The highest BCUT2D eigenvalue weighted by atomic mass is 16.6. The molecule has 0 saturated heterocycles. The quantitative estimate of drug-likeness (QED) is 0.497. The van der Waals surface area contributed by atoms with Crippen molar-refractivity contribution in [3.05, 3.63) is 35.4 Å². The molecule has 0 spiro atoms. The SMILES string of the molecule is CC(C)(C)OC(=O)NCc1cccc(CNC(=N)N)c1. The molecule has 0 bridgehead atoms. The predicted molar refractivity (Wildman–Crippen MR) is 78.3 cm³/mol. The molecule has 6 nitrogen and oxygen atoms in total. The number of carbonyl (C=O) groups excluding carboxylic acids is 1. The van der Waals surface area contributed by atoms with E-state index in [2.05, 4.69) is 10.6 Å². The highest BCUT2D eigenvalue weighted by molar-refractivity contribution is 5.74. The van der Waals surface area contributed by atoms with E-state index in [0.29, 0.717) is 13.1 Å². The van der Waals surface area contributed by atoms with E-state index in [9.17, 15) is 4.79 Å². The summed E-state index contributed by atoms with van der Waals surface area (Å²) in [6.07, 6.45) is -0.440. The van der Waals surface area contributed by atoms with Crippen LogP contribution in [0.4, 0.5) is 4.79 Å². The van der Waals surface area contributed by atoms with Crippen molar-refractivity contribution in [3.8, 4) is 0 Å². The van der Waals surface area contributed by atoms with Gasteiger partial charge < -0.3 is 21.1 Å². The smallest absolute Gasteiger partial charge is 0.407 e. The van der Waals surface area contributed by atoms with Crippen molar-refractivity contribution in [2.75, 3.05) is 0 Å². The molecule has 1 rings (SSSR count). The number of nitrogens with one attached hydrogen (secondary N) is 3. The van der Waals surface area contributed by atoms with E-state index < -0.39 is 11.7 Å². The first kappa shape index (κ1) is 15.8. The van der Waals surface area contributed by atoms with Gasteiger partial charge in [-0.1, -0.05) is 24.3 Å². The highest BCUT2D eigenvalue weighted by Crippen LogP contribution is 2.08. The molecule has 0 aliphatic rings. The van der Waals surface area contributed by atoms with E-state index in [1.54, 1.807) is 0 Å². The molecule has 6 heteroatoms. The van der Waals surface area contributed by atoms with Crippen LogP contribution in [0.25, 0.3) is 0 Å². The van der Waals surface area contributed by atoms with Crippen LogP contribution >= 0.6 is 0 Å². The summed E-state index contributed by atoms with van der Waals surface area (Å²) in [5.41, 5.74) is 6.68. The maximum absolute atomic E-state index is 11.5. The van der Waals surface area contributed by atoms with Crippen molar-refractivity contribution in [2.24, 2.45) is 5.73 Å². The fraction of sp³-hybridized carbons (Fsp3) is 0.429. The zero-order valence-corrected chi connectivity index (χ0v) is 12.1. The summed E-state index contributed by atoms with van der Waals surface area (Å²) < 4.78 is 5.16. The normalized spacial score (nSPS) is 10.8. The van der Waals surface area contributed by atoms with Crippen molar-refractivity contribution >= 4 is 12.1 Å². The molecule has 1 amide bonds. The molecular weight excluding hydrogens is 256 g/mol. The molecule has 0 heterocycles. The zero-order chi connectivity index (χ0) is 15.2. The Bertz CT molecular complexity index is 480. The van der Waals surface area contributed by atoms with Gasteiger partial charge in [-0.3, -0.25) is 5.41 Å². The maximum atomic E-state index is 11.5. The molecular formula is C14H22N4O2. The summed E-state index contributed by atoms with van der Waals surface area (Å²) in [5.74, 6) is -0.0673. The molecule has 20 heavy (non-hydrogen) atoms. The zero-order valence-electron chi connectivity index (χ0n) is 12.1. The number of rotatable bonds is 4. The van der Waals surface area contributed by atoms with Gasteiger partial charge in [-0.2, -0.15) is 0 Å². The molecule has 0 radical (unpaired) electrons. The second kappa shape index (κ2) is 6.79. The van der Waals surface area contributed by atoms with Crippen molar-refractivity contribution < 1.29 is 9.53 Å². The van der Waals surface area contributed by atoms with Crippen LogP contribution in [0.1, 0.15) is 31.9 Å². The van der Waals surface area contributed by atoms with Crippen LogP contribution in [-0.4, -0.2) is 17.7 Å². The molecule has 0 aromatic heterocycles. The minimum Gasteiger partial charge on any atom is -0.444 e. The van der Waals surface area contributed by atoms with Crippen LogP contribution in [0.2, 0.25) is 0 Å². The first-order valence-electron chi connectivity index (χ1n) is 6.39. The van der Waals surface area contributed by atoms with E-state index >= 15 is 0 Å². The van der Waals surface area contributed by atoms with Crippen LogP contribution < -0.4 is 16.4 Å². The fourth-order valence-corrected chi connectivity index (χ4v) is 1.54. The Balaban J connectivity index is 2.50. The van der Waals surface area contributed by atoms with Crippen LogP contribution in [0.5, 0.6) is 0 Å². The van der Waals surface area contributed by atoms with Gasteiger partial charge in [0.15, 0.2) is 5.96 Å². The van der Waals surface area contributed by atoms with Gasteiger partial charge in [0.05, 0.1) is 0 Å². The minimum atomic E-state index is -0.503. The van der Waals surface area contributed by atoms with Gasteiger partial charge in [0, 0.05) is 13.1 Å². The first-order valence-corrected chi connectivity index (χ1v) is 6.39. The van der Waals surface area contributed by atoms with Gasteiger partial charge in [-0.05, 0) is 31.9 Å². The number of nitrogens with two attached hydrogens (primary N) is 1. The van der Waals surface area contributed by atoms with Gasteiger partial charge in [-0.15, -0.1) is 0 Å². The van der Waals surface area contributed by atoms with Gasteiger partial charge >= 0.3 is 6.09 Å². The number of hydrogen-bond acceptors (Lipinski definition) is 3. The van der Waals surface area contributed by atoms with Crippen molar-refractivity contribution in [3.63, 3.8) is 0 Å². The summed E-state index contributed by atoms with van der Waals surface area (Å²) in [6, 6.07) is 7.66. The molecule has 1 aromatic rings. The van der Waals surface area contributed by atoms with Gasteiger partial charge in [0.25, 0.3) is 0 Å². The van der Waals surface area contributed by atoms with Gasteiger partial charge in [-0.25, -0.2) is 4.79 Å². The second-order valence-corrected chi connectivity index (χ2v) is 5.44. The molecule has 0 aliphatic carbocycles. The third kappa shape index (κ3) is 6.63. The second-order valence-electron chi connectivity index (χ2n) is 5.44. The lowest BCUT2D eigenvalue weighted by Gasteiger charge is -2.19. The monoisotopic (exact) mass is 278 g/mol. The largest absolute Gasteiger partial charge is 0.444 e. The minimum absolute atomic E-state index is 0.0673. The highest BCUT2D eigenvalue weighted by Gasteiger charge is 2.15. The first-order chi connectivity index (χ1) is 9.26. The van der Waals surface area contributed by atoms with Crippen molar-refractivity contribution in [1.29, 1.82) is 5.41 Å². The van der Waals surface area contributed by atoms with Crippen LogP contribution in [0.3, 0.4) is 0 Å². The molecule has 5 N–H and O–H groups in total. The molecule has 110 valence electrons. The number of benzene rings is 1. The average Bonchev–Trinajstić information content (AvgIpc) is 2.32. The Hall–Kier alpha value is -2.24. The Kier molecular flexibility index (Phi) is 5.37. The van der Waals surface area contributed by atoms with Gasteiger partial charge in [0.1, 0.15) is 5.60 Å². The van der Waals surface area contributed by atoms with Gasteiger partial charge in [0.2, 0.25) is 0 Å². The van der Waals surface area contributed by atoms with E-state index in [1.807, 2.05) is 45.0 Å². The average molecular weight is 278 g/mol. The Morgan fingerprint density at radius 2 is 1.80 bits per heavy atom. The number of carbonyl (C=O) groups is 1. The number of guanidine groups is 1. The van der Waals surface area contributed by atoms with E-state index in [1.165, 1.54) is 0 Å². The van der Waals surface area contributed by atoms with E-state index in [4.69, 9.17) is 15.9 Å². The molecule has 1 aromatic carbocycles. The Morgan fingerprint density at radius 1 is 1.25 bits per heavy atom. The van der Waals surface area contributed by atoms with Crippen LogP contribution in [0, 0.1) is 5.41 Å². The lowest BCUT2D eigenvalue weighted by molar-refractivity contribution is 0.0523. The topological polar surface area (TPSA) is 100 Å². The van der Waals surface area contributed by atoms with E-state index in [-0.39, 0.29) is 5.96 Å². The van der Waals surface area contributed by atoms with Crippen LogP contribution in [-0.2, 0) is 17.8 Å². The predicted octanol–water partition coefficient (Wildman–Crippen LogP) is 1.69. The fourth-order valence-electron chi connectivity index (χ4n) is 1.54. The summed E-state index contributed by atoms with van der Waals surface area (Å²) in [7, 11) is 0. The Morgan fingerprint density at radius 3 is 2.30 bits per heavy atom. The molecule has 0 fully saturated rings. The lowest BCUT2D eigenvalue weighted by Crippen LogP contribution is -2.32. The number of hydrogen-bond donors (Lipinski definition) is 4. The lowest BCUT2D eigenvalue weighted by atomic mass is 10.1. The number of amides is 1. The summed E-state index contributed by atoms with van der Waals surface area (Å²) in [4.78, 5) is 11.5. The maximum Gasteiger partial charge on any atom is 0.407 e. The molecule has 0 atom stereocenters. The molecule has 0 unspecified atom stereocenters. The van der Waals surface area contributed by atoms with E-state index in [0.717, 1.165) is 11.1 Å². The standard InChI is InChI=1S/C14H22N4O2/c1-14(2,3)20-13(19)18-9-11-6-4-5-10(7-11)8-17-12(15)16/h4-7H,8-9H2,1-3H3,(H,18,19)(H4,15,16,17). The van der Waals surface area contributed by atoms with Crippen LogP contribution in [0.15, 0.2) is 24.3 Å². The summed E-state index contributed by atoms with van der Waals surface area (Å²) >= 11 is 0. The summed E-state index contributed by atoms with van der Waals surface area (Å²) in [6.45, 7) is 6.33. The third-order valence-electron chi connectivity index (χ3n) is 2.31.